The minimum atomic E-state index is -1.62. The largest absolute Gasteiger partial charge is 0.422 e. The highest BCUT2D eigenvalue weighted by Crippen LogP contribution is 2.23. The maximum Gasteiger partial charge on any atom is 0.331 e. The number of cyclic esters (lactones) is 2. The minimum absolute atomic E-state index is 0.0120. The Morgan fingerprint density at radius 2 is 2.00 bits per heavy atom. The summed E-state index contributed by atoms with van der Waals surface area (Å²) < 4.78 is 14.5. The number of azide groups is 1. The number of hydrogen-bond acceptors (Lipinski definition) is 7. The van der Waals surface area contributed by atoms with Crippen LogP contribution in [0, 0.1) is 5.92 Å². The van der Waals surface area contributed by atoms with E-state index >= 15 is 0 Å². The van der Waals surface area contributed by atoms with Crippen LogP contribution in [0.3, 0.4) is 0 Å². The van der Waals surface area contributed by atoms with Crippen molar-refractivity contribution in [1.82, 2.24) is 0 Å². The van der Waals surface area contributed by atoms with Crippen molar-refractivity contribution in [3.63, 3.8) is 0 Å². The van der Waals surface area contributed by atoms with Crippen LogP contribution in [0.1, 0.15) is 13.8 Å². The molecule has 0 aromatic carbocycles. The number of carbonyl (C=O) groups is 3. The van der Waals surface area contributed by atoms with E-state index in [1.807, 2.05) is 0 Å². The molecule has 1 saturated heterocycles. The topological polar surface area (TPSA) is 128 Å². The average molecular weight is 271 g/mol. The molecule has 0 atom stereocenters. The SMILES string of the molecule is CC1(C)OC(=O)C(C(=O)COCCN=[N+]=[N-])C(=O)O1. The zero-order chi connectivity index (χ0) is 14.5. The van der Waals surface area contributed by atoms with E-state index in [1.54, 1.807) is 0 Å². The van der Waals surface area contributed by atoms with Crippen LogP contribution in [-0.4, -0.2) is 43.3 Å². The molecule has 9 heteroatoms. The van der Waals surface area contributed by atoms with Gasteiger partial charge in [0.15, 0.2) is 5.78 Å². The zero-order valence-electron chi connectivity index (χ0n) is 10.5. The van der Waals surface area contributed by atoms with E-state index in [4.69, 9.17) is 19.7 Å². The monoisotopic (exact) mass is 271 g/mol. The molecule has 0 aromatic heterocycles. The Labute approximate surface area is 108 Å². The van der Waals surface area contributed by atoms with Gasteiger partial charge in [0.05, 0.1) is 6.61 Å². The second kappa shape index (κ2) is 6.17. The summed E-state index contributed by atoms with van der Waals surface area (Å²) >= 11 is 0. The Kier molecular flexibility index (Phi) is 4.85. The number of carbonyl (C=O) groups excluding carboxylic acids is 3. The third-order valence-corrected chi connectivity index (χ3v) is 2.13. The lowest BCUT2D eigenvalue weighted by Crippen LogP contribution is -2.49. The van der Waals surface area contributed by atoms with Crippen LogP contribution in [0.5, 0.6) is 0 Å². The summed E-state index contributed by atoms with van der Waals surface area (Å²) in [5.74, 6) is -5.65. The van der Waals surface area contributed by atoms with Crippen molar-refractivity contribution in [2.24, 2.45) is 11.0 Å². The first-order chi connectivity index (χ1) is 8.87. The average Bonchev–Trinajstić information content (AvgIpc) is 2.25. The fourth-order valence-electron chi connectivity index (χ4n) is 1.39. The molecule has 0 unspecified atom stereocenters. The Balaban J connectivity index is 2.50. The molecule has 0 aromatic rings. The first-order valence-electron chi connectivity index (χ1n) is 5.44. The molecule has 0 aliphatic carbocycles. The Bertz CT molecular complexity index is 421. The molecule has 0 N–H and O–H groups in total. The third kappa shape index (κ3) is 4.23. The number of ketones is 1. The molecule has 1 fully saturated rings. The third-order valence-electron chi connectivity index (χ3n) is 2.13. The van der Waals surface area contributed by atoms with Crippen LogP contribution in [0.2, 0.25) is 0 Å². The molecule has 0 spiro atoms. The van der Waals surface area contributed by atoms with E-state index in [-0.39, 0.29) is 13.2 Å². The predicted octanol–water partition coefficient (Wildman–Crippen LogP) is 0.335. The number of esters is 2. The number of hydrogen-bond donors (Lipinski definition) is 0. The van der Waals surface area contributed by atoms with Gasteiger partial charge in [0.1, 0.15) is 6.61 Å². The number of Topliss-reactive ketones (excluding diaryl/α,β-unsaturated/α-hetero) is 1. The molecule has 9 nitrogen and oxygen atoms in total. The highest BCUT2D eigenvalue weighted by atomic mass is 16.7. The highest BCUT2D eigenvalue weighted by Gasteiger charge is 2.46. The first-order valence-corrected chi connectivity index (χ1v) is 5.44. The fourth-order valence-corrected chi connectivity index (χ4v) is 1.39. The molecule has 0 saturated carbocycles. The van der Waals surface area contributed by atoms with Crippen molar-refractivity contribution >= 4 is 17.7 Å². The molecule has 0 bridgehead atoms. The first kappa shape index (κ1) is 14.9. The van der Waals surface area contributed by atoms with E-state index in [0.717, 1.165) is 0 Å². The molecule has 1 heterocycles. The second-order valence-electron chi connectivity index (χ2n) is 4.15. The second-order valence-corrected chi connectivity index (χ2v) is 4.15. The predicted molar refractivity (Wildman–Crippen MR) is 59.6 cm³/mol. The number of rotatable bonds is 6. The fraction of sp³-hybridized carbons (Fsp3) is 0.700. The Morgan fingerprint density at radius 3 is 2.53 bits per heavy atom. The van der Waals surface area contributed by atoms with Gasteiger partial charge < -0.3 is 14.2 Å². The quantitative estimate of drug-likeness (QED) is 0.171. The van der Waals surface area contributed by atoms with Gasteiger partial charge in [-0.1, -0.05) is 5.11 Å². The molecular weight excluding hydrogens is 258 g/mol. The molecule has 0 amide bonds. The number of nitrogens with zero attached hydrogens (tertiary/aromatic N) is 3. The molecule has 0 radical (unpaired) electrons. The summed E-state index contributed by atoms with van der Waals surface area (Å²) in [4.78, 5) is 37.2. The van der Waals surface area contributed by atoms with E-state index in [1.165, 1.54) is 13.8 Å². The van der Waals surface area contributed by atoms with E-state index < -0.39 is 36.0 Å². The van der Waals surface area contributed by atoms with Crippen molar-refractivity contribution in [2.75, 3.05) is 19.8 Å². The van der Waals surface area contributed by atoms with E-state index in [0.29, 0.717) is 0 Å². The van der Waals surface area contributed by atoms with Crippen molar-refractivity contribution in [2.45, 2.75) is 19.6 Å². The summed E-state index contributed by atoms with van der Waals surface area (Å²) in [6.07, 6.45) is 0. The van der Waals surface area contributed by atoms with Gasteiger partial charge in [0, 0.05) is 25.3 Å². The van der Waals surface area contributed by atoms with Crippen LogP contribution in [0.4, 0.5) is 0 Å². The lowest BCUT2D eigenvalue weighted by atomic mass is 10.0. The normalized spacial score (nSPS) is 18.2. The molecule has 104 valence electrons. The lowest BCUT2D eigenvalue weighted by Gasteiger charge is -2.32. The van der Waals surface area contributed by atoms with Crippen molar-refractivity contribution in [3.8, 4) is 0 Å². The van der Waals surface area contributed by atoms with Crippen LogP contribution < -0.4 is 0 Å². The van der Waals surface area contributed by atoms with Gasteiger partial charge in [0.2, 0.25) is 5.92 Å². The maximum absolute atomic E-state index is 11.6. The molecule has 19 heavy (non-hydrogen) atoms. The summed E-state index contributed by atoms with van der Waals surface area (Å²) in [5, 5.41) is 3.19. The zero-order valence-corrected chi connectivity index (χ0v) is 10.5. The Hall–Kier alpha value is -2.12. The van der Waals surface area contributed by atoms with Gasteiger partial charge in [-0.3, -0.25) is 14.4 Å². The lowest BCUT2D eigenvalue weighted by molar-refractivity contribution is -0.238. The standard InChI is InChI=1S/C10H13N3O6/c1-10(2)18-8(15)7(9(16)19-10)6(14)5-17-4-3-12-13-11/h7H,3-5H2,1-2H3. The number of ether oxygens (including phenoxy) is 3. The van der Waals surface area contributed by atoms with Gasteiger partial charge >= 0.3 is 11.9 Å². The van der Waals surface area contributed by atoms with Gasteiger partial charge in [-0.15, -0.1) is 0 Å². The van der Waals surface area contributed by atoms with Crippen LogP contribution in [-0.2, 0) is 28.6 Å². The minimum Gasteiger partial charge on any atom is -0.422 e. The van der Waals surface area contributed by atoms with Gasteiger partial charge in [0.25, 0.3) is 5.79 Å². The van der Waals surface area contributed by atoms with Crippen molar-refractivity contribution in [1.29, 1.82) is 0 Å². The molecular formula is C10H13N3O6. The summed E-state index contributed by atoms with van der Waals surface area (Å²) in [7, 11) is 0. The van der Waals surface area contributed by atoms with Gasteiger partial charge in [-0.25, -0.2) is 0 Å². The van der Waals surface area contributed by atoms with Crippen LogP contribution in [0.15, 0.2) is 5.11 Å². The Morgan fingerprint density at radius 1 is 1.42 bits per heavy atom. The van der Waals surface area contributed by atoms with Crippen molar-refractivity contribution in [3.05, 3.63) is 10.4 Å². The van der Waals surface area contributed by atoms with Gasteiger partial charge in [-0.2, -0.15) is 0 Å². The molecule has 1 aliphatic rings. The maximum atomic E-state index is 11.6. The molecule has 1 rings (SSSR count). The molecule has 1 aliphatic heterocycles. The smallest absolute Gasteiger partial charge is 0.331 e. The van der Waals surface area contributed by atoms with E-state index in [9.17, 15) is 14.4 Å². The van der Waals surface area contributed by atoms with Gasteiger partial charge in [-0.05, 0) is 5.53 Å². The van der Waals surface area contributed by atoms with Crippen LogP contribution >= 0.6 is 0 Å². The van der Waals surface area contributed by atoms with E-state index in [2.05, 4.69) is 10.0 Å². The summed E-state index contributed by atoms with van der Waals surface area (Å²) in [6.45, 7) is 2.38. The van der Waals surface area contributed by atoms with Crippen LogP contribution in [0.25, 0.3) is 10.4 Å². The summed E-state index contributed by atoms with van der Waals surface area (Å²) in [6, 6.07) is 0. The summed E-state index contributed by atoms with van der Waals surface area (Å²) in [5.41, 5.74) is 8.01. The van der Waals surface area contributed by atoms with Crippen molar-refractivity contribution < 1.29 is 28.6 Å². The highest BCUT2D eigenvalue weighted by molar-refractivity contribution is 6.16.